The number of hydrogen-bond donors (Lipinski definition) is 13. The number of esters is 2. The fourth-order valence-electron chi connectivity index (χ4n) is 17.1. The molecule has 0 amide bonds. The molecule has 85 heavy (non-hydrogen) atoms. The number of aliphatic hydroxyl groups excluding tert-OH is 12. The molecule has 9 rings (SSSR count). The smallest absolute Gasteiger partial charge is 0.335 e. The Labute approximate surface area is 493 Å². The molecule has 26 heteroatoms. The van der Waals surface area contributed by atoms with Gasteiger partial charge >= 0.3 is 17.9 Å². The Morgan fingerprint density at radius 1 is 0.647 bits per heavy atom. The predicted octanol–water partition coefficient (Wildman–Crippen LogP) is -1.19. The van der Waals surface area contributed by atoms with Crippen LogP contribution >= 0.6 is 0 Å². The molecule has 9 aliphatic rings. The van der Waals surface area contributed by atoms with E-state index < -0.39 is 218 Å². The number of allylic oxidation sites excluding steroid dienone is 3. The Morgan fingerprint density at radius 3 is 1.89 bits per heavy atom. The molecule has 484 valence electrons. The Hall–Kier alpha value is -2.91. The standard InChI is InChI=1S/C59H92O26/c1-11-24(2)49(75)85-47-46(78-25(3)62)54(4,5)18-27-26-12-13-32-56(8)16-15-34(55(6,7)31(56)14-17-57(32,9)58(26,10)19-33(65)59(27,47)23-61)80-53-45(84-51-40(71)38(69)37(68)30(20-60)79-51)42(41(72)43(82-53)48(73)74)81-52-44(36(67)29(64)22-77-52)83-50-39(70)35(66)28(63)21-76-50/h11-12,27-47,50-53,60-61,63-72H,13-23H2,1-10H3,(H,73,74)/b24-11-/t27-,28+,29-,30+,31-,32+,33+,34-,35-,36-,37-,38-,39+,40+,41-,42-,43-,44+,45+,46-,47-,50-,51-,52-,53+,56-,57+,58+,59-/m0/s1. The lowest BCUT2D eigenvalue weighted by atomic mass is 9.33. The second-order valence-corrected chi connectivity index (χ2v) is 27.6. The van der Waals surface area contributed by atoms with E-state index in [0.29, 0.717) is 44.1 Å². The first-order valence-electron chi connectivity index (χ1n) is 29.8. The summed E-state index contributed by atoms with van der Waals surface area (Å²) in [6, 6.07) is 0. The van der Waals surface area contributed by atoms with E-state index in [0.717, 1.165) is 5.57 Å². The highest BCUT2D eigenvalue weighted by atomic mass is 16.8. The van der Waals surface area contributed by atoms with Crippen LogP contribution in [0.4, 0.5) is 0 Å². The maximum atomic E-state index is 13.7. The first-order valence-corrected chi connectivity index (χ1v) is 29.8. The molecule has 0 aromatic carbocycles. The second-order valence-electron chi connectivity index (χ2n) is 27.6. The topological polar surface area (TPSA) is 407 Å². The largest absolute Gasteiger partial charge is 0.479 e. The summed E-state index contributed by atoms with van der Waals surface area (Å²) in [5.41, 5.74) is -3.22. The van der Waals surface area contributed by atoms with Crippen molar-refractivity contribution in [3.8, 4) is 0 Å². The third-order valence-corrected chi connectivity index (χ3v) is 22.2. The molecule has 0 aromatic heterocycles. The lowest BCUT2D eigenvalue weighted by Crippen LogP contribution is -2.72. The predicted molar refractivity (Wildman–Crippen MR) is 288 cm³/mol. The maximum Gasteiger partial charge on any atom is 0.335 e. The Balaban J connectivity index is 1.04. The summed E-state index contributed by atoms with van der Waals surface area (Å²) in [6.07, 6.45) is -30.6. The summed E-state index contributed by atoms with van der Waals surface area (Å²) in [4.78, 5) is 39.6. The van der Waals surface area contributed by atoms with Crippen molar-refractivity contribution in [1.82, 2.24) is 0 Å². The van der Waals surface area contributed by atoms with Gasteiger partial charge in [-0.25, -0.2) is 9.59 Å². The van der Waals surface area contributed by atoms with Crippen LogP contribution in [-0.4, -0.2) is 246 Å². The van der Waals surface area contributed by atoms with Crippen LogP contribution < -0.4 is 0 Å². The normalized spacial score (nSPS) is 50.5. The van der Waals surface area contributed by atoms with Crippen molar-refractivity contribution < 1.29 is 128 Å². The van der Waals surface area contributed by atoms with Crippen molar-refractivity contribution in [3.63, 3.8) is 0 Å². The van der Waals surface area contributed by atoms with Gasteiger partial charge in [-0.2, -0.15) is 0 Å². The molecular weight excluding hydrogens is 1120 g/mol. The number of hydrogen-bond acceptors (Lipinski definition) is 25. The number of carbonyl (C=O) groups is 3. The van der Waals surface area contributed by atoms with Gasteiger partial charge in [0.15, 0.2) is 37.4 Å². The van der Waals surface area contributed by atoms with Gasteiger partial charge in [-0.05, 0) is 98.2 Å². The SMILES string of the molecule is C/C=C(/C)C(=O)O[C@H]1[C@H](OC(C)=O)C(C)(C)C[C@H]2C3=CC[C@@H]4[C@@]5(C)CC[C@H](O[C@@H]6O[C@H](C(=O)O)[C@@H](O)[C@H](O[C@@H]7OC[C@H](O)[C@H](O)[C@H]7O[C@@H]7OC[C@@H](O)[C@H](O)[C@H]7O)[C@H]6O[C@@H]6O[C@H](CO)[C@H](O)[C@H](O)[C@H]6O)C(C)(C)[C@@H]5CC[C@@]4(C)[C@]3(C)C[C@@H](O)[C@]21CO. The monoisotopic (exact) mass is 1220 g/mol. The van der Waals surface area contributed by atoms with Gasteiger partial charge in [-0.3, -0.25) is 4.79 Å². The zero-order valence-electron chi connectivity index (χ0n) is 50.0. The molecule has 5 aliphatic carbocycles. The van der Waals surface area contributed by atoms with Crippen LogP contribution in [0.25, 0.3) is 0 Å². The van der Waals surface area contributed by atoms with E-state index in [1.807, 2.05) is 27.7 Å². The minimum Gasteiger partial charge on any atom is -0.479 e. The molecule has 0 unspecified atom stereocenters. The van der Waals surface area contributed by atoms with Crippen molar-refractivity contribution >= 4 is 17.9 Å². The number of aliphatic hydroxyl groups is 12. The maximum absolute atomic E-state index is 13.7. The fourth-order valence-corrected chi connectivity index (χ4v) is 17.1. The third kappa shape index (κ3) is 11.1. The number of rotatable bonds is 14. The zero-order valence-corrected chi connectivity index (χ0v) is 50.0. The Morgan fingerprint density at radius 2 is 1.27 bits per heavy atom. The fraction of sp³-hybridized carbons (Fsp3) is 0.881. The van der Waals surface area contributed by atoms with Crippen molar-refractivity contribution in [3.05, 3.63) is 23.3 Å². The first kappa shape index (κ1) is 66.5. The van der Waals surface area contributed by atoms with E-state index in [-0.39, 0.29) is 18.3 Å². The van der Waals surface area contributed by atoms with E-state index in [1.165, 1.54) is 6.92 Å². The van der Waals surface area contributed by atoms with Gasteiger partial charge in [-0.15, -0.1) is 0 Å². The van der Waals surface area contributed by atoms with E-state index in [1.54, 1.807) is 19.9 Å². The average molecular weight is 1220 g/mol. The first-order chi connectivity index (χ1) is 39.7. The highest BCUT2D eigenvalue weighted by molar-refractivity contribution is 5.88. The molecule has 0 radical (unpaired) electrons. The van der Waals surface area contributed by atoms with Crippen LogP contribution in [0.3, 0.4) is 0 Å². The number of carboxylic acid groups (broad SMARTS) is 1. The van der Waals surface area contributed by atoms with E-state index in [2.05, 4.69) is 26.8 Å². The van der Waals surface area contributed by atoms with E-state index in [4.69, 9.17) is 47.4 Å². The molecule has 13 N–H and O–H groups in total. The summed E-state index contributed by atoms with van der Waals surface area (Å²) in [6.45, 7) is 16.7. The summed E-state index contributed by atoms with van der Waals surface area (Å²) in [5, 5.41) is 144. The van der Waals surface area contributed by atoms with Crippen molar-refractivity contribution in [2.24, 2.45) is 50.2 Å². The molecule has 26 nitrogen and oxygen atoms in total. The molecule has 0 spiro atoms. The highest BCUT2D eigenvalue weighted by Crippen LogP contribution is 2.76. The van der Waals surface area contributed by atoms with Crippen molar-refractivity contribution in [2.75, 3.05) is 26.4 Å². The summed E-state index contributed by atoms with van der Waals surface area (Å²) < 4.78 is 60.9. The molecule has 4 aliphatic heterocycles. The number of ether oxygens (including phenoxy) is 10. The van der Waals surface area contributed by atoms with Gasteiger partial charge in [0.2, 0.25) is 0 Å². The van der Waals surface area contributed by atoms with Gasteiger partial charge in [0.05, 0.1) is 44.1 Å². The van der Waals surface area contributed by atoms with Crippen LogP contribution in [0, 0.1) is 50.2 Å². The molecule has 4 saturated heterocycles. The van der Waals surface area contributed by atoms with Gasteiger partial charge in [0.1, 0.15) is 85.5 Å². The number of carbonyl (C=O) groups excluding carboxylic acids is 2. The molecule has 29 atom stereocenters. The lowest BCUT2D eigenvalue weighted by molar-refractivity contribution is -0.399. The van der Waals surface area contributed by atoms with Gasteiger partial charge in [0.25, 0.3) is 0 Å². The Bertz CT molecular complexity index is 2490. The van der Waals surface area contributed by atoms with Crippen molar-refractivity contribution in [2.45, 2.75) is 249 Å². The van der Waals surface area contributed by atoms with Crippen LogP contribution in [-0.2, 0) is 61.8 Å². The lowest BCUT2D eigenvalue weighted by Gasteiger charge is -2.72. The van der Waals surface area contributed by atoms with Crippen LogP contribution in [0.2, 0.25) is 0 Å². The summed E-state index contributed by atoms with van der Waals surface area (Å²) in [7, 11) is 0. The van der Waals surface area contributed by atoms with Gasteiger partial charge in [0, 0.05) is 17.9 Å². The minimum atomic E-state index is -2.21. The van der Waals surface area contributed by atoms with Crippen LogP contribution in [0.15, 0.2) is 23.3 Å². The zero-order chi connectivity index (χ0) is 62.6. The van der Waals surface area contributed by atoms with E-state index in [9.17, 15) is 80.8 Å². The summed E-state index contributed by atoms with van der Waals surface area (Å²) >= 11 is 0. The summed E-state index contributed by atoms with van der Waals surface area (Å²) in [5.74, 6) is -3.56. The molecule has 4 heterocycles. The number of carboxylic acids is 1. The van der Waals surface area contributed by atoms with Gasteiger partial charge in [-0.1, -0.05) is 66.2 Å². The molecule has 0 bridgehead atoms. The molecule has 8 fully saturated rings. The highest BCUT2D eigenvalue weighted by Gasteiger charge is 2.74. The Kier molecular flexibility index (Phi) is 19.1. The van der Waals surface area contributed by atoms with Crippen molar-refractivity contribution in [1.29, 1.82) is 0 Å². The second kappa shape index (κ2) is 24.4. The van der Waals surface area contributed by atoms with Crippen LogP contribution in [0.1, 0.15) is 114 Å². The molecule has 4 saturated carbocycles. The van der Waals surface area contributed by atoms with Crippen LogP contribution in [0.5, 0.6) is 0 Å². The quantitative estimate of drug-likeness (QED) is 0.0421. The minimum absolute atomic E-state index is 0.0107. The molecule has 0 aromatic rings. The average Bonchev–Trinajstić information content (AvgIpc) is 0.675. The number of fused-ring (bicyclic) bond motifs is 7. The van der Waals surface area contributed by atoms with Gasteiger partial charge < -0.3 is 114 Å². The third-order valence-electron chi connectivity index (χ3n) is 22.2. The molecular formula is C59H92O26. The van der Waals surface area contributed by atoms with E-state index >= 15 is 0 Å². The number of aliphatic carboxylic acids is 1.